The predicted molar refractivity (Wildman–Crippen MR) is 66.9 cm³/mol. The molecule has 0 aliphatic carbocycles. The maximum atomic E-state index is 10.1. The van der Waals surface area contributed by atoms with Crippen LogP contribution in [-0.4, -0.2) is 17.8 Å². The van der Waals surface area contributed by atoms with E-state index in [1.54, 1.807) is 13.8 Å². The summed E-state index contributed by atoms with van der Waals surface area (Å²) in [6.07, 6.45) is 0. The van der Waals surface area contributed by atoms with Gasteiger partial charge in [0.2, 0.25) is 0 Å². The zero-order valence-electron chi connectivity index (χ0n) is 10.5. The summed E-state index contributed by atoms with van der Waals surface area (Å²) in [5.74, 6) is 1.08. The van der Waals surface area contributed by atoms with E-state index in [2.05, 4.69) is 0 Å². The first kappa shape index (κ1) is 11.6. The van der Waals surface area contributed by atoms with Crippen molar-refractivity contribution >= 4 is 11.4 Å². The van der Waals surface area contributed by atoms with Gasteiger partial charge in [0.15, 0.2) is 17.1 Å². The topological polar surface area (TPSA) is 64.7 Å². The molecule has 0 spiro atoms. The lowest BCUT2D eigenvalue weighted by atomic mass is 9.95. The maximum Gasteiger partial charge on any atom is 0.179 e. The predicted octanol–water partition coefficient (Wildman–Crippen LogP) is 2.62. The van der Waals surface area contributed by atoms with Gasteiger partial charge in [-0.05, 0) is 32.4 Å². The van der Waals surface area contributed by atoms with Crippen LogP contribution in [0.2, 0.25) is 0 Å². The van der Waals surface area contributed by atoms with Crippen molar-refractivity contribution in [3.8, 4) is 5.75 Å². The fourth-order valence-electron chi connectivity index (χ4n) is 1.94. The Morgan fingerprint density at radius 2 is 2.00 bits per heavy atom. The lowest BCUT2D eigenvalue weighted by Crippen LogP contribution is -2.35. The highest BCUT2D eigenvalue weighted by Gasteiger charge is 2.37. The molecule has 0 radical (unpaired) electrons. The Morgan fingerprint density at radius 1 is 1.35 bits per heavy atom. The smallest absolute Gasteiger partial charge is 0.179 e. The highest BCUT2D eigenvalue weighted by molar-refractivity contribution is 5.81. The van der Waals surface area contributed by atoms with E-state index in [-0.39, 0.29) is 5.76 Å². The molecule has 0 bridgehead atoms. The van der Waals surface area contributed by atoms with E-state index >= 15 is 0 Å². The first-order valence-corrected chi connectivity index (χ1v) is 5.44. The quantitative estimate of drug-likeness (QED) is 0.734. The first-order valence-electron chi connectivity index (χ1n) is 5.44. The molecule has 0 saturated carbocycles. The summed E-state index contributed by atoms with van der Waals surface area (Å²) >= 11 is 0. The van der Waals surface area contributed by atoms with Crippen LogP contribution in [-0.2, 0) is 4.74 Å². The van der Waals surface area contributed by atoms with Gasteiger partial charge in [-0.2, -0.15) is 0 Å². The minimum absolute atomic E-state index is 0.0600. The molecule has 2 rings (SSSR count). The van der Waals surface area contributed by atoms with E-state index in [0.29, 0.717) is 22.8 Å². The number of nitrogens with two attached hydrogens (primary N) is 1. The van der Waals surface area contributed by atoms with Crippen LogP contribution < -0.4 is 10.5 Å². The summed E-state index contributed by atoms with van der Waals surface area (Å²) in [5.41, 5.74) is 7.33. The van der Waals surface area contributed by atoms with Crippen LogP contribution >= 0.6 is 0 Å². The Labute approximate surface area is 101 Å². The average molecular weight is 235 g/mol. The number of hydrogen-bond donors (Lipinski definition) is 2. The van der Waals surface area contributed by atoms with Crippen molar-refractivity contribution in [1.29, 1.82) is 0 Å². The molecular weight excluding hydrogens is 218 g/mol. The Kier molecular flexibility index (Phi) is 2.45. The first-order chi connectivity index (χ1) is 7.88. The molecule has 3 N–H and O–H groups in total. The molecule has 1 aromatic carbocycles. The number of aliphatic hydroxyl groups excluding tert-OH is 1. The van der Waals surface area contributed by atoms with Crippen molar-refractivity contribution < 1.29 is 14.6 Å². The molecular formula is C13H17NO3. The number of aryl methyl sites for hydroxylation is 1. The standard InChI is InChI=1S/C13H17NO3/c1-7-5-6-8-9(10(7)14)11(16-4)12(15)13(2,3)17-8/h5-6,15H,14H2,1-4H3. The number of benzene rings is 1. The summed E-state index contributed by atoms with van der Waals surface area (Å²) in [6.45, 7) is 5.46. The van der Waals surface area contributed by atoms with Gasteiger partial charge < -0.3 is 20.3 Å². The van der Waals surface area contributed by atoms with Gasteiger partial charge in [-0.1, -0.05) is 6.07 Å². The van der Waals surface area contributed by atoms with Crippen LogP contribution in [0.25, 0.3) is 5.76 Å². The van der Waals surface area contributed by atoms with Gasteiger partial charge in [0.05, 0.1) is 12.7 Å². The van der Waals surface area contributed by atoms with Gasteiger partial charge in [-0.3, -0.25) is 0 Å². The molecule has 17 heavy (non-hydrogen) atoms. The van der Waals surface area contributed by atoms with Crippen LogP contribution in [0.4, 0.5) is 5.69 Å². The number of aliphatic hydroxyl groups is 1. The third kappa shape index (κ3) is 1.60. The molecule has 1 aromatic rings. The van der Waals surface area contributed by atoms with Gasteiger partial charge in [0.25, 0.3) is 0 Å². The van der Waals surface area contributed by atoms with Crippen LogP contribution in [0.3, 0.4) is 0 Å². The molecule has 0 atom stereocenters. The van der Waals surface area contributed by atoms with Gasteiger partial charge >= 0.3 is 0 Å². The Balaban J connectivity index is 2.75. The maximum absolute atomic E-state index is 10.1. The van der Waals surface area contributed by atoms with Crippen LogP contribution in [0.1, 0.15) is 25.0 Å². The molecule has 4 heteroatoms. The number of anilines is 1. The monoisotopic (exact) mass is 235 g/mol. The van der Waals surface area contributed by atoms with E-state index in [1.165, 1.54) is 7.11 Å². The van der Waals surface area contributed by atoms with E-state index in [0.717, 1.165) is 5.56 Å². The van der Waals surface area contributed by atoms with Crippen molar-refractivity contribution in [1.82, 2.24) is 0 Å². The second kappa shape index (κ2) is 3.58. The number of rotatable bonds is 1. The molecule has 0 unspecified atom stereocenters. The van der Waals surface area contributed by atoms with E-state index in [9.17, 15) is 5.11 Å². The molecule has 0 aromatic heterocycles. The minimum atomic E-state index is -0.806. The normalized spacial score (nSPS) is 17.4. The zero-order chi connectivity index (χ0) is 12.8. The molecule has 1 aliphatic heterocycles. The number of ether oxygens (including phenoxy) is 2. The molecule has 1 aliphatic rings. The second-order valence-corrected chi connectivity index (χ2v) is 4.66. The highest BCUT2D eigenvalue weighted by atomic mass is 16.5. The molecule has 1 heterocycles. The molecule has 0 fully saturated rings. The van der Waals surface area contributed by atoms with E-state index in [1.807, 2.05) is 19.1 Å². The van der Waals surface area contributed by atoms with Crippen molar-refractivity contribution in [2.45, 2.75) is 26.4 Å². The highest BCUT2D eigenvalue weighted by Crippen LogP contribution is 2.43. The Bertz CT molecular complexity index is 504. The lowest BCUT2D eigenvalue weighted by Gasteiger charge is -2.33. The number of nitrogen functional groups attached to an aromatic ring is 1. The summed E-state index contributed by atoms with van der Waals surface area (Å²) in [5, 5.41) is 10.1. The van der Waals surface area contributed by atoms with Crippen LogP contribution in [0.15, 0.2) is 17.9 Å². The zero-order valence-corrected chi connectivity index (χ0v) is 10.5. The third-order valence-electron chi connectivity index (χ3n) is 3.01. The largest absolute Gasteiger partial charge is 0.505 e. The van der Waals surface area contributed by atoms with Crippen molar-refractivity contribution in [3.05, 3.63) is 29.0 Å². The Hall–Kier alpha value is -1.84. The molecule has 0 amide bonds. The summed E-state index contributed by atoms with van der Waals surface area (Å²) in [7, 11) is 1.51. The fraction of sp³-hybridized carbons (Fsp3) is 0.385. The van der Waals surface area contributed by atoms with Gasteiger partial charge in [-0.25, -0.2) is 0 Å². The molecule has 0 saturated heterocycles. The summed E-state index contributed by atoms with van der Waals surface area (Å²) in [6, 6.07) is 3.73. The summed E-state index contributed by atoms with van der Waals surface area (Å²) in [4.78, 5) is 0. The average Bonchev–Trinajstić information content (AvgIpc) is 2.26. The summed E-state index contributed by atoms with van der Waals surface area (Å²) < 4.78 is 11.0. The van der Waals surface area contributed by atoms with E-state index < -0.39 is 5.60 Å². The van der Waals surface area contributed by atoms with Gasteiger partial charge in [0, 0.05) is 5.69 Å². The number of methoxy groups -OCH3 is 1. The number of hydrogen-bond acceptors (Lipinski definition) is 4. The number of fused-ring (bicyclic) bond motifs is 1. The minimum Gasteiger partial charge on any atom is -0.505 e. The Morgan fingerprint density at radius 3 is 2.59 bits per heavy atom. The van der Waals surface area contributed by atoms with Crippen LogP contribution in [0.5, 0.6) is 5.75 Å². The molecule has 92 valence electrons. The van der Waals surface area contributed by atoms with Gasteiger partial charge in [0.1, 0.15) is 5.75 Å². The third-order valence-corrected chi connectivity index (χ3v) is 3.01. The lowest BCUT2D eigenvalue weighted by molar-refractivity contribution is 0.0836. The molecule has 4 nitrogen and oxygen atoms in total. The van der Waals surface area contributed by atoms with Gasteiger partial charge in [-0.15, -0.1) is 0 Å². The van der Waals surface area contributed by atoms with Crippen molar-refractivity contribution in [3.63, 3.8) is 0 Å². The van der Waals surface area contributed by atoms with Crippen molar-refractivity contribution in [2.24, 2.45) is 0 Å². The van der Waals surface area contributed by atoms with E-state index in [4.69, 9.17) is 15.2 Å². The fourth-order valence-corrected chi connectivity index (χ4v) is 1.94. The van der Waals surface area contributed by atoms with Crippen molar-refractivity contribution in [2.75, 3.05) is 12.8 Å². The van der Waals surface area contributed by atoms with Crippen LogP contribution in [0, 0.1) is 6.92 Å². The second-order valence-electron chi connectivity index (χ2n) is 4.66. The SMILES string of the molecule is COC1=C(O)C(C)(C)Oc2ccc(C)c(N)c21.